The first-order chi connectivity index (χ1) is 9.20. The number of hydrogen-bond donors (Lipinski definition) is 2. The zero-order valence-corrected chi connectivity index (χ0v) is 13.6. The number of anilines is 1. The van der Waals surface area contributed by atoms with Gasteiger partial charge in [-0.15, -0.1) is 0 Å². The number of aryl methyl sites for hydroxylation is 1. The molecule has 0 amide bonds. The van der Waals surface area contributed by atoms with E-state index < -0.39 is 10.0 Å². The van der Waals surface area contributed by atoms with Crippen LogP contribution in [0.1, 0.15) is 30.5 Å². The zero-order chi connectivity index (χ0) is 15.5. The molecule has 0 bridgehead atoms. The van der Waals surface area contributed by atoms with Gasteiger partial charge in [-0.25, -0.2) is 13.1 Å². The van der Waals surface area contributed by atoms with Crippen molar-refractivity contribution in [2.24, 2.45) is 0 Å². The SMILES string of the molecule is CCOCC(C)NS(=O)(=O)c1c(C)c(C)cc(N)c1C. The van der Waals surface area contributed by atoms with Crippen molar-refractivity contribution in [3.63, 3.8) is 0 Å². The molecule has 1 rings (SSSR count). The molecule has 0 fully saturated rings. The van der Waals surface area contributed by atoms with Gasteiger partial charge in [-0.2, -0.15) is 0 Å². The van der Waals surface area contributed by atoms with Gasteiger partial charge in [-0.05, 0) is 57.4 Å². The largest absolute Gasteiger partial charge is 0.398 e. The average Bonchev–Trinajstić information content (AvgIpc) is 2.33. The Bertz CT molecular complexity index is 556. The number of ether oxygens (including phenoxy) is 1. The van der Waals surface area contributed by atoms with Crippen molar-refractivity contribution in [3.05, 3.63) is 22.8 Å². The van der Waals surface area contributed by atoms with Crippen LogP contribution in [0.25, 0.3) is 0 Å². The predicted octanol–water partition coefficient (Wildman–Crippen LogP) is 1.90. The maximum atomic E-state index is 12.5. The molecule has 20 heavy (non-hydrogen) atoms. The second-order valence-electron chi connectivity index (χ2n) is 5.04. The van der Waals surface area contributed by atoms with Crippen LogP contribution in [0.3, 0.4) is 0 Å². The lowest BCUT2D eigenvalue weighted by atomic mass is 10.1. The van der Waals surface area contributed by atoms with E-state index in [1.165, 1.54) is 0 Å². The standard InChI is InChI=1S/C14H24N2O3S/c1-6-19-8-10(3)16-20(17,18)14-11(4)9(2)7-13(15)12(14)5/h7,10,16H,6,8,15H2,1-5H3. The molecule has 5 nitrogen and oxygen atoms in total. The van der Waals surface area contributed by atoms with Crippen LogP contribution in [-0.4, -0.2) is 27.7 Å². The molecule has 0 aromatic heterocycles. The van der Waals surface area contributed by atoms with E-state index in [1.807, 2.05) is 13.8 Å². The summed E-state index contributed by atoms with van der Waals surface area (Å²) in [5, 5.41) is 0. The van der Waals surface area contributed by atoms with Crippen molar-refractivity contribution < 1.29 is 13.2 Å². The third-order valence-electron chi connectivity index (χ3n) is 3.27. The maximum absolute atomic E-state index is 12.5. The quantitative estimate of drug-likeness (QED) is 0.786. The Morgan fingerprint density at radius 3 is 2.45 bits per heavy atom. The van der Waals surface area contributed by atoms with Gasteiger partial charge in [0, 0.05) is 18.3 Å². The minimum Gasteiger partial charge on any atom is -0.398 e. The highest BCUT2D eigenvalue weighted by atomic mass is 32.2. The summed E-state index contributed by atoms with van der Waals surface area (Å²) in [6.45, 7) is 9.92. The van der Waals surface area contributed by atoms with Crippen LogP contribution < -0.4 is 10.5 Å². The topological polar surface area (TPSA) is 81.4 Å². The summed E-state index contributed by atoms with van der Waals surface area (Å²) in [6, 6.07) is 1.51. The Kier molecular flexibility index (Phi) is 5.56. The normalized spacial score (nSPS) is 13.4. The number of rotatable bonds is 6. The molecule has 6 heteroatoms. The highest BCUT2D eigenvalue weighted by molar-refractivity contribution is 7.89. The molecule has 0 radical (unpaired) electrons. The van der Waals surface area contributed by atoms with Crippen molar-refractivity contribution in [1.29, 1.82) is 0 Å². The van der Waals surface area contributed by atoms with Crippen molar-refractivity contribution in [2.45, 2.75) is 45.6 Å². The van der Waals surface area contributed by atoms with Crippen LogP contribution in [0.4, 0.5) is 5.69 Å². The summed E-state index contributed by atoms with van der Waals surface area (Å²) < 4.78 is 32.9. The van der Waals surface area contributed by atoms with Crippen LogP contribution in [-0.2, 0) is 14.8 Å². The molecule has 0 saturated heterocycles. The van der Waals surface area contributed by atoms with Gasteiger partial charge in [0.15, 0.2) is 0 Å². The van der Waals surface area contributed by atoms with E-state index in [9.17, 15) is 8.42 Å². The molecule has 0 heterocycles. The number of sulfonamides is 1. The Morgan fingerprint density at radius 1 is 1.30 bits per heavy atom. The Morgan fingerprint density at radius 2 is 1.90 bits per heavy atom. The number of benzene rings is 1. The first-order valence-electron chi connectivity index (χ1n) is 6.67. The third kappa shape index (κ3) is 3.71. The van der Waals surface area contributed by atoms with Crippen molar-refractivity contribution in [3.8, 4) is 0 Å². The Hall–Kier alpha value is -1.11. The fraction of sp³-hybridized carbons (Fsp3) is 0.571. The second-order valence-corrected chi connectivity index (χ2v) is 6.69. The van der Waals surface area contributed by atoms with Gasteiger partial charge in [0.1, 0.15) is 0 Å². The fourth-order valence-electron chi connectivity index (χ4n) is 2.10. The molecule has 3 N–H and O–H groups in total. The lowest BCUT2D eigenvalue weighted by Gasteiger charge is -2.19. The second kappa shape index (κ2) is 6.56. The third-order valence-corrected chi connectivity index (χ3v) is 5.14. The van der Waals surface area contributed by atoms with Crippen LogP contribution in [0.2, 0.25) is 0 Å². The van der Waals surface area contributed by atoms with E-state index >= 15 is 0 Å². The fourth-order valence-corrected chi connectivity index (χ4v) is 3.90. The van der Waals surface area contributed by atoms with E-state index in [2.05, 4.69) is 4.72 Å². The summed E-state index contributed by atoms with van der Waals surface area (Å²) in [7, 11) is -3.61. The van der Waals surface area contributed by atoms with Crippen molar-refractivity contribution >= 4 is 15.7 Å². The first-order valence-corrected chi connectivity index (χ1v) is 8.15. The molecule has 0 saturated carbocycles. The predicted molar refractivity (Wildman–Crippen MR) is 81.3 cm³/mol. The zero-order valence-electron chi connectivity index (χ0n) is 12.8. The average molecular weight is 300 g/mol. The molecular weight excluding hydrogens is 276 g/mol. The summed E-state index contributed by atoms with van der Waals surface area (Å²) in [5.74, 6) is 0. The van der Waals surface area contributed by atoms with E-state index in [0.29, 0.717) is 24.5 Å². The van der Waals surface area contributed by atoms with Gasteiger partial charge in [0.05, 0.1) is 11.5 Å². The Labute approximate surface area is 121 Å². The number of nitrogens with two attached hydrogens (primary N) is 1. The molecule has 0 aliphatic carbocycles. The van der Waals surface area contributed by atoms with Crippen LogP contribution in [0.5, 0.6) is 0 Å². The monoisotopic (exact) mass is 300 g/mol. The number of nitrogen functional groups attached to an aromatic ring is 1. The first kappa shape index (κ1) is 16.9. The van der Waals surface area contributed by atoms with Crippen molar-refractivity contribution in [1.82, 2.24) is 4.72 Å². The van der Waals surface area contributed by atoms with Gasteiger partial charge in [-0.1, -0.05) is 0 Å². The number of nitrogens with one attached hydrogen (secondary N) is 1. The van der Waals surface area contributed by atoms with Gasteiger partial charge >= 0.3 is 0 Å². The molecule has 114 valence electrons. The van der Waals surface area contributed by atoms with Crippen molar-refractivity contribution in [2.75, 3.05) is 18.9 Å². The van der Waals surface area contributed by atoms with Gasteiger partial charge < -0.3 is 10.5 Å². The van der Waals surface area contributed by atoms with Gasteiger partial charge in [-0.3, -0.25) is 0 Å². The summed E-state index contributed by atoms with van der Waals surface area (Å²) in [5.41, 5.74) is 8.56. The summed E-state index contributed by atoms with van der Waals surface area (Å²) >= 11 is 0. The summed E-state index contributed by atoms with van der Waals surface area (Å²) in [6.07, 6.45) is 0. The van der Waals surface area contributed by atoms with Crippen LogP contribution in [0, 0.1) is 20.8 Å². The Balaban J connectivity index is 3.16. The minimum absolute atomic E-state index is 0.276. The molecular formula is C14H24N2O3S. The maximum Gasteiger partial charge on any atom is 0.241 e. The van der Waals surface area contributed by atoms with Crippen LogP contribution >= 0.6 is 0 Å². The molecule has 1 aromatic rings. The minimum atomic E-state index is -3.61. The molecule has 0 aliphatic rings. The lowest BCUT2D eigenvalue weighted by molar-refractivity contribution is 0.133. The van der Waals surface area contributed by atoms with Crippen LogP contribution in [0.15, 0.2) is 11.0 Å². The highest BCUT2D eigenvalue weighted by Crippen LogP contribution is 2.27. The molecule has 1 unspecified atom stereocenters. The molecule has 0 spiro atoms. The molecule has 1 atom stereocenters. The number of hydrogen-bond acceptors (Lipinski definition) is 4. The summed E-state index contributed by atoms with van der Waals surface area (Å²) in [4.78, 5) is 0.276. The van der Waals surface area contributed by atoms with E-state index in [-0.39, 0.29) is 10.9 Å². The van der Waals surface area contributed by atoms with E-state index in [1.54, 1.807) is 26.8 Å². The van der Waals surface area contributed by atoms with Gasteiger partial charge in [0.25, 0.3) is 0 Å². The van der Waals surface area contributed by atoms with Gasteiger partial charge in [0.2, 0.25) is 10.0 Å². The lowest BCUT2D eigenvalue weighted by Crippen LogP contribution is -2.36. The molecule has 1 aromatic carbocycles. The molecule has 0 aliphatic heterocycles. The smallest absolute Gasteiger partial charge is 0.241 e. The highest BCUT2D eigenvalue weighted by Gasteiger charge is 2.24. The van der Waals surface area contributed by atoms with E-state index in [4.69, 9.17) is 10.5 Å². The van der Waals surface area contributed by atoms with E-state index in [0.717, 1.165) is 11.1 Å².